The van der Waals surface area contributed by atoms with E-state index in [4.69, 9.17) is 14.0 Å². The van der Waals surface area contributed by atoms with Gasteiger partial charge >= 0.3 is 0 Å². The van der Waals surface area contributed by atoms with Crippen LogP contribution in [0.15, 0.2) is 15.6 Å². The summed E-state index contributed by atoms with van der Waals surface area (Å²) in [6.45, 7) is 8.15. The first-order valence-corrected chi connectivity index (χ1v) is 9.86. The number of aliphatic imine (C=N–C) groups is 1. The third kappa shape index (κ3) is 6.96. The number of guanidine groups is 1. The van der Waals surface area contributed by atoms with Crippen molar-refractivity contribution >= 4 is 5.96 Å². The minimum Gasteiger partial charge on any atom is -0.381 e. The summed E-state index contributed by atoms with van der Waals surface area (Å²) in [6, 6.07) is 2.04. The van der Waals surface area contributed by atoms with Crippen LogP contribution < -0.4 is 10.6 Å². The molecule has 0 bridgehead atoms. The van der Waals surface area contributed by atoms with E-state index in [1.807, 2.05) is 6.07 Å². The summed E-state index contributed by atoms with van der Waals surface area (Å²) in [5.41, 5.74) is 1.04. The van der Waals surface area contributed by atoms with Crippen LogP contribution >= 0.6 is 0 Å². The molecule has 1 aromatic rings. The minimum absolute atomic E-state index is 0.358. The van der Waals surface area contributed by atoms with Gasteiger partial charge in [-0.1, -0.05) is 19.0 Å². The van der Waals surface area contributed by atoms with E-state index in [0.29, 0.717) is 18.6 Å². The van der Waals surface area contributed by atoms with Gasteiger partial charge in [0.05, 0.1) is 18.3 Å². The molecule has 1 aliphatic rings. The van der Waals surface area contributed by atoms with Crippen LogP contribution in [0.5, 0.6) is 0 Å². The molecule has 2 rings (SSSR count). The summed E-state index contributed by atoms with van der Waals surface area (Å²) in [5.74, 6) is 2.06. The molecule has 0 saturated carbocycles. The second-order valence-corrected chi connectivity index (χ2v) is 6.62. The average molecular weight is 367 g/mol. The van der Waals surface area contributed by atoms with Gasteiger partial charge in [0.1, 0.15) is 0 Å². The minimum atomic E-state index is 0.358. The van der Waals surface area contributed by atoms with E-state index < -0.39 is 0 Å². The second kappa shape index (κ2) is 11.9. The molecule has 7 nitrogen and oxygen atoms in total. The van der Waals surface area contributed by atoms with Crippen molar-refractivity contribution in [2.45, 2.75) is 64.5 Å². The standard InChI is InChI=1S/C19H34N4O3/c1-4-15(5-2)18-13-17(26-23-18)14-22-19(20-3)21-9-6-10-25-16-7-11-24-12-8-16/h13,15-16H,4-12,14H2,1-3H3,(H2,20,21,22). The quantitative estimate of drug-likeness (QED) is 0.376. The predicted octanol–water partition coefficient (Wildman–Crippen LogP) is 2.83. The van der Waals surface area contributed by atoms with Crippen molar-refractivity contribution in [3.05, 3.63) is 17.5 Å². The Hall–Kier alpha value is -1.60. The highest BCUT2D eigenvalue weighted by molar-refractivity contribution is 5.79. The molecule has 1 fully saturated rings. The molecule has 0 radical (unpaired) electrons. The molecule has 1 aromatic heterocycles. The highest BCUT2D eigenvalue weighted by Gasteiger charge is 2.14. The number of ether oxygens (including phenoxy) is 2. The van der Waals surface area contributed by atoms with Crippen molar-refractivity contribution in [1.29, 1.82) is 0 Å². The van der Waals surface area contributed by atoms with Crippen molar-refractivity contribution in [3.8, 4) is 0 Å². The topological polar surface area (TPSA) is 80.9 Å². The lowest BCUT2D eigenvalue weighted by atomic mass is 9.99. The Kier molecular flexibility index (Phi) is 9.48. The Morgan fingerprint density at radius 2 is 2.08 bits per heavy atom. The summed E-state index contributed by atoms with van der Waals surface area (Å²) in [5, 5.41) is 10.8. The van der Waals surface area contributed by atoms with Gasteiger partial charge in [-0.25, -0.2) is 0 Å². The van der Waals surface area contributed by atoms with Crippen molar-refractivity contribution in [2.75, 3.05) is 33.4 Å². The van der Waals surface area contributed by atoms with Gasteiger partial charge in [-0.2, -0.15) is 0 Å². The Morgan fingerprint density at radius 3 is 2.77 bits per heavy atom. The number of rotatable bonds is 10. The zero-order valence-electron chi connectivity index (χ0n) is 16.4. The highest BCUT2D eigenvalue weighted by atomic mass is 16.5. The summed E-state index contributed by atoms with van der Waals surface area (Å²) in [7, 11) is 1.77. The zero-order chi connectivity index (χ0) is 18.6. The van der Waals surface area contributed by atoms with E-state index in [1.165, 1.54) is 0 Å². The Morgan fingerprint density at radius 1 is 1.31 bits per heavy atom. The molecule has 0 spiro atoms. The van der Waals surface area contributed by atoms with Crippen LogP contribution in [0.4, 0.5) is 0 Å². The lowest BCUT2D eigenvalue weighted by Gasteiger charge is -2.22. The molecule has 2 heterocycles. The largest absolute Gasteiger partial charge is 0.381 e. The van der Waals surface area contributed by atoms with Crippen LogP contribution in [0.1, 0.15) is 63.3 Å². The first-order valence-electron chi connectivity index (χ1n) is 9.86. The molecule has 0 aliphatic carbocycles. The molecule has 1 aliphatic heterocycles. The van der Waals surface area contributed by atoms with Crippen molar-refractivity contribution in [1.82, 2.24) is 15.8 Å². The van der Waals surface area contributed by atoms with Crippen LogP contribution in [-0.4, -0.2) is 50.6 Å². The van der Waals surface area contributed by atoms with E-state index >= 15 is 0 Å². The lowest BCUT2D eigenvalue weighted by molar-refractivity contribution is -0.0320. The molecular formula is C19H34N4O3. The Balaban J connectivity index is 1.61. The molecule has 0 aromatic carbocycles. The van der Waals surface area contributed by atoms with Gasteiger partial charge in [-0.15, -0.1) is 0 Å². The van der Waals surface area contributed by atoms with Gasteiger partial charge < -0.3 is 24.6 Å². The van der Waals surface area contributed by atoms with Crippen LogP contribution in [-0.2, 0) is 16.0 Å². The van der Waals surface area contributed by atoms with Crippen molar-refractivity contribution in [3.63, 3.8) is 0 Å². The molecule has 7 heteroatoms. The number of nitrogens with one attached hydrogen (secondary N) is 2. The Bertz CT molecular complexity index is 523. The number of hydrogen-bond acceptors (Lipinski definition) is 5. The summed E-state index contributed by atoms with van der Waals surface area (Å²) in [6.07, 6.45) is 5.47. The lowest BCUT2D eigenvalue weighted by Crippen LogP contribution is -2.37. The fourth-order valence-electron chi connectivity index (χ4n) is 3.07. The fourth-order valence-corrected chi connectivity index (χ4v) is 3.07. The van der Waals surface area contributed by atoms with Crippen LogP contribution in [0.2, 0.25) is 0 Å². The van der Waals surface area contributed by atoms with Crippen LogP contribution in [0, 0.1) is 0 Å². The fraction of sp³-hybridized carbons (Fsp3) is 0.789. The summed E-state index contributed by atoms with van der Waals surface area (Å²) >= 11 is 0. The SMILES string of the molecule is CCC(CC)c1cc(CNC(=NC)NCCCOC2CCOCC2)on1. The summed E-state index contributed by atoms with van der Waals surface area (Å²) < 4.78 is 16.6. The maximum Gasteiger partial charge on any atom is 0.191 e. The van der Waals surface area contributed by atoms with Gasteiger partial charge in [0.15, 0.2) is 11.7 Å². The number of aromatic nitrogens is 1. The molecule has 0 atom stereocenters. The molecule has 0 amide bonds. The van der Waals surface area contributed by atoms with E-state index in [1.54, 1.807) is 7.05 Å². The maximum absolute atomic E-state index is 5.87. The van der Waals surface area contributed by atoms with Gasteiger partial charge in [-0.3, -0.25) is 4.99 Å². The van der Waals surface area contributed by atoms with Gasteiger partial charge in [0, 0.05) is 45.4 Å². The predicted molar refractivity (Wildman–Crippen MR) is 102 cm³/mol. The normalized spacial score (nSPS) is 16.2. The first kappa shape index (κ1) is 20.7. The average Bonchev–Trinajstić information content (AvgIpc) is 3.14. The maximum atomic E-state index is 5.87. The van der Waals surface area contributed by atoms with E-state index in [0.717, 1.165) is 75.9 Å². The third-order valence-corrected chi connectivity index (χ3v) is 4.77. The van der Waals surface area contributed by atoms with Gasteiger partial charge in [-0.05, 0) is 32.1 Å². The zero-order valence-corrected chi connectivity index (χ0v) is 16.4. The van der Waals surface area contributed by atoms with E-state index in [-0.39, 0.29) is 0 Å². The molecule has 26 heavy (non-hydrogen) atoms. The van der Waals surface area contributed by atoms with Crippen LogP contribution in [0.25, 0.3) is 0 Å². The smallest absolute Gasteiger partial charge is 0.191 e. The summed E-state index contributed by atoms with van der Waals surface area (Å²) in [4.78, 5) is 4.24. The molecule has 1 saturated heterocycles. The highest BCUT2D eigenvalue weighted by Crippen LogP contribution is 2.22. The molecule has 148 valence electrons. The molecule has 2 N–H and O–H groups in total. The van der Waals surface area contributed by atoms with Gasteiger partial charge in [0.25, 0.3) is 0 Å². The van der Waals surface area contributed by atoms with Crippen LogP contribution in [0.3, 0.4) is 0 Å². The number of hydrogen-bond donors (Lipinski definition) is 2. The monoisotopic (exact) mass is 366 g/mol. The number of nitrogens with zero attached hydrogens (tertiary/aromatic N) is 2. The third-order valence-electron chi connectivity index (χ3n) is 4.77. The molecule has 0 unspecified atom stereocenters. The Labute approximate surface area is 156 Å². The van der Waals surface area contributed by atoms with Gasteiger partial charge in [0.2, 0.25) is 0 Å². The van der Waals surface area contributed by atoms with Crippen molar-refractivity contribution < 1.29 is 14.0 Å². The van der Waals surface area contributed by atoms with E-state index in [9.17, 15) is 0 Å². The first-order chi connectivity index (χ1) is 12.8. The molecular weight excluding hydrogens is 332 g/mol. The van der Waals surface area contributed by atoms with Crippen molar-refractivity contribution in [2.24, 2.45) is 4.99 Å². The van der Waals surface area contributed by atoms with E-state index in [2.05, 4.69) is 34.6 Å². The second-order valence-electron chi connectivity index (χ2n) is 6.62.